The second-order valence-corrected chi connectivity index (χ2v) is 10.3. The van der Waals surface area contributed by atoms with Crippen molar-refractivity contribution in [2.45, 2.75) is 46.8 Å². The number of amides is 1. The minimum Gasteiger partial charge on any atom is -0.317 e. The third-order valence-electron chi connectivity index (χ3n) is 6.25. The lowest BCUT2D eigenvalue weighted by atomic mass is 10.1. The summed E-state index contributed by atoms with van der Waals surface area (Å²) in [5.74, 6) is -0.643. The Balaban J connectivity index is 1.47. The molecule has 0 radical (unpaired) electrons. The van der Waals surface area contributed by atoms with E-state index in [4.69, 9.17) is 0 Å². The van der Waals surface area contributed by atoms with Crippen LogP contribution in [0, 0.1) is 20.8 Å². The first-order valence-corrected chi connectivity index (χ1v) is 12.8. The minimum absolute atomic E-state index is 0.0602. The number of anilines is 1. The van der Waals surface area contributed by atoms with Crippen molar-refractivity contribution >= 4 is 28.6 Å². The van der Waals surface area contributed by atoms with Crippen molar-refractivity contribution in [2.24, 2.45) is 0 Å². The zero-order chi connectivity index (χ0) is 27.2. The van der Waals surface area contributed by atoms with Gasteiger partial charge in [-0.3, -0.25) is 9.48 Å². The Bertz CT molecular complexity index is 1660. The Morgan fingerprint density at radius 1 is 1.05 bits per heavy atom. The summed E-state index contributed by atoms with van der Waals surface area (Å²) in [4.78, 5) is 19.2. The van der Waals surface area contributed by atoms with E-state index in [0.717, 1.165) is 34.2 Å². The van der Waals surface area contributed by atoms with Gasteiger partial charge in [-0.05, 0) is 51.0 Å². The zero-order valence-electron chi connectivity index (χ0n) is 21.2. The van der Waals surface area contributed by atoms with Crippen LogP contribution in [0.3, 0.4) is 0 Å². The molecule has 0 aliphatic rings. The molecule has 0 aliphatic heterocycles. The number of nitrogens with zero attached hydrogens (tertiary/aromatic N) is 5. The minimum atomic E-state index is -4.69. The molecule has 0 saturated carbocycles. The summed E-state index contributed by atoms with van der Waals surface area (Å²) in [6.45, 7) is 8.10. The molecule has 11 heteroatoms. The molecule has 1 N–H and O–H groups in total. The summed E-state index contributed by atoms with van der Waals surface area (Å²) in [5.41, 5.74) is 2.95. The van der Waals surface area contributed by atoms with E-state index >= 15 is 0 Å². The monoisotopic (exact) mass is 538 g/mol. The van der Waals surface area contributed by atoms with Crippen molar-refractivity contribution in [3.05, 3.63) is 87.3 Å². The number of nitrogens with one attached hydrogen (secondary N) is 1. The SMILES string of the molecule is CCc1ccc(-c2cc(C(F)(F)F)n3nc(C(=O)Nc4c(C)nn(Cc5cccc(C)c5)c4C)cc3n2)s1. The normalized spacial score (nSPS) is 11.9. The Kier molecular flexibility index (Phi) is 6.56. The van der Waals surface area contributed by atoms with Crippen LogP contribution in [0.5, 0.6) is 0 Å². The molecule has 38 heavy (non-hydrogen) atoms. The molecule has 1 amide bonds. The number of benzene rings is 1. The summed E-state index contributed by atoms with van der Waals surface area (Å²) in [7, 11) is 0. The highest BCUT2D eigenvalue weighted by molar-refractivity contribution is 7.15. The van der Waals surface area contributed by atoms with Crippen molar-refractivity contribution in [3.63, 3.8) is 0 Å². The maximum absolute atomic E-state index is 14.0. The Labute approximate surface area is 221 Å². The van der Waals surface area contributed by atoms with Crippen molar-refractivity contribution in [3.8, 4) is 10.6 Å². The van der Waals surface area contributed by atoms with E-state index < -0.39 is 17.8 Å². The third kappa shape index (κ3) is 4.93. The summed E-state index contributed by atoms with van der Waals surface area (Å²) >= 11 is 1.39. The summed E-state index contributed by atoms with van der Waals surface area (Å²) in [5, 5.41) is 11.3. The Hall–Kier alpha value is -3.99. The van der Waals surface area contributed by atoms with Crippen LogP contribution in [0.4, 0.5) is 18.9 Å². The third-order valence-corrected chi connectivity index (χ3v) is 7.50. The van der Waals surface area contributed by atoms with Crippen molar-refractivity contribution < 1.29 is 18.0 Å². The largest absolute Gasteiger partial charge is 0.433 e. The van der Waals surface area contributed by atoms with Gasteiger partial charge in [0, 0.05) is 10.9 Å². The van der Waals surface area contributed by atoms with E-state index in [1.54, 1.807) is 17.7 Å². The lowest BCUT2D eigenvalue weighted by Crippen LogP contribution is -2.16. The van der Waals surface area contributed by atoms with E-state index in [-0.39, 0.29) is 17.0 Å². The molecule has 196 valence electrons. The molecule has 5 rings (SSSR count). The van der Waals surface area contributed by atoms with E-state index in [0.29, 0.717) is 27.3 Å². The second-order valence-electron chi connectivity index (χ2n) is 9.09. The quantitative estimate of drug-likeness (QED) is 0.269. The summed E-state index contributed by atoms with van der Waals surface area (Å²) < 4.78 is 44.3. The number of aromatic nitrogens is 5. The predicted octanol–water partition coefficient (Wildman–Crippen LogP) is 6.46. The molecule has 0 atom stereocenters. The van der Waals surface area contributed by atoms with Crippen LogP contribution < -0.4 is 5.32 Å². The molecule has 0 fully saturated rings. The Morgan fingerprint density at radius 3 is 2.53 bits per heavy atom. The van der Waals surface area contributed by atoms with Crippen LogP contribution in [0.1, 0.15) is 50.5 Å². The number of fused-ring (bicyclic) bond motifs is 1. The van der Waals surface area contributed by atoms with E-state index in [1.165, 1.54) is 17.4 Å². The smallest absolute Gasteiger partial charge is 0.317 e. The molecule has 0 aliphatic carbocycles. The van der Waals surface area contributed by atoms with E-state index in [2.05, 4.69) is 26.6 Å². The maximum atomic E-state index is 14.0. The maximum Gasteiger partial charge on any atom is 0.433 e. The average Bonchev–Trinajstić information content (AvgIpc) is 3.57. The number of carbonyl (C=O) groups is 1. The van der Waals surface area contributed by atoms with Gasteiger partial charge in [0.2, 0.25) is 0 Å². The number of thiophene rings is 1. The first-order valence-electron chi connectivity index (χ1n) is 12.0. The number of hydrogen-bond acceptors (Lipinski definition) is 5. The predicted molar refractivity (Wildman–Crippen MR) is 141 cm³/mol. The fraction of sp³-hybridized carbons (Fsp3) is 0.259. The zero-order valence-corrected chi connectivity index (χ0v) is 22.0. The topological polar surface area (TPSA) is 77.1 Å². The fourth-order valence-corrected chi connectivity index (χ4v) is 5.22. The summed E-state index contributed by atoms with van der Waals surface area (Å²) in [6.07, 6.45) is -3.92. The van der Waals surface area contributed by atoms with Crippen LogP contribution >= 0.6 is 11.3 Å². The van der Waals surface area contributed by atoms with Crippen molar-refractivity contribution in [1.29, 1.82) is 0 Å². The highest BCUT2D eigenvalue weighted by Crippen LogP contribution is 2.34. The van der Waals surface area contributed by atoms with Gasteiger partial charge in [-0.1, -0.05) is 36.8 Å². The Morgan fingerprint density at radius 2 is 1.84 bits per heavy atom. The van der Waals surface area contributed by atoms with Gasteiger partial charge < -0.3 is 5.32 Å². The lowest BCUT2D eigenvalue weighted by Gasteiger charge is -2.10. The first-order chi connectivity index (χ1) is 18.0. The molecule has 0 unspecified atom stereocenters. The molecule has 7 nitrogen and oxygen atoms in total. The number of halogens is 3. The number of alkyl halides is 3. The highest BCUT2D eigenvalue weighted by Gasteiger charge is 2.36. The van der Waals surface area contributed by atoms with Crippen LogP contribution in [0.25, 0.3) is 16.2 Å². The van der Waals surface area contributed by atoms with Gasteiger partial charge >= 0.3 is 6.18 Å². The number of hydrogen-bond donors (Lipinski definition) is 1. The standard InChI is InChI=1S/C27H25F3N6OS/c1-5-19-9-10-22(38-19)20-12-23(27(28,29)30)36-24(31-20)13-21(34-36)26(37)32-25-16(3)33-35(17(25)4)14-18-8-6-7-15(2)11-18/h6-13H,5,14H2,1-4H3,(H,32,37). The number of rotatable bonds is 6. The van der Waals surface area contributed by atoms with Crippen molar-refractivity contribution in [2.75, 3.05) is 5.32 Å². The molecular formula is C27H25F3N6OS. The lowest BCUT2D eigenvalue weighted by molar-refractivity contribution is -0.142. The van der Waals surface area contributed by atoms with Gasteiger partial charge in [-0.15, -0.1) is 11.3 Å². The molecule has 5 aromatic rings. The van der Waals surface area contributed by atoms with Gasteiger partial charge in [0.05, 0.1) is 34.2 Å². The molecule has 0 bridgehead atoms. The highest BCUT2D eigenvalue weighted by atomic mass is 32.1. The van der Waals surface area contributed by atoms with Crippen molar-refractivity contribution in [1.82, 2.24) is 24.4 Å². The van der Waals surface area contributed by atoms with Crippen LogP contribution in [-0.2, 0) is 19.1 Å². The number of carbonyl (C=O) groups excluding carboxylic acids is 1. The van der Waals surface area contributed by atoms with Crippen LogP contribution in [0.15, 0.2) is 48.5 Å². The first kappa shape index (κ1) is 25.7. The van der Waals surface area contributed by atoms with Gasteiger partial charge in [0.25, 0.3) is 5.91 Å². The second kappa shape index (κ2) is 9.71. The van der Waals surface area contributed by atoms with Gasteiger partial charge in [0.15, 0.2) is 17.0 Å². The van der Waals surface area contributed by atoms with Gasteiger partial charge in [0.1, 0.15) is 0 Å². The van der Waals surface area contributed by atoms with Gasteiger partial charge in [-0.2, -0.15) is 23.4 Å². The number of aryl methyl sites for hydroxylation is 3. The van der Waals surface area contributed by atoms with E-state index in [1.807, 2.05) is 45.0 Å². The van der Waals surface area contributed by atoms with Gasteiger partial charge in [-0.25, -0.2) is 9.50 Å². The molecule has 4 heterocycles. The van der Waals surface area contributed by atoms with Crippen LogP contribution in [0.2, 0.25) is 0 Å². The molecule has 4 aromatic heterocycles. The molecule has 0 spiro atoms. The average molecular weight is 539 g/mol. The summed E-state index contributed by atoms with van der Waals surface area (Å²) in [6, 6.07) is 13.9. The molecule has 0 saturated heterocycles. The molecule has 1 aromatic carbocycles. The van der Waals surface area contributed by atoms with E-state index in [9.17, 15) is 18.0 Å². The molecular weight excluding hydrogens is 513 g/mol. The van der Waals surface area contributed by atoms with Crippen LogP contribution in [-0.4, -0.2) is 30.3 Å². The fourth-order valence-electron chi connectivity index (χ4n) is 4.31.